The summed E-state index contributed by atoms with van der Waals surface area (Å²) in [7, 11) is 0. The highest BCUT2D eigenvalue weighted by Gasteiger charge is 2.13. The van der Waals surface area contributed by atoms with Crippen LogP contribution in [0.5, 0.6) is 0 Å². The third-order valence-corrected chi connectivity index (χ3v) is 6.73. The molecule has 0 aromatic heterocycles. The third kappa shape index (κ3) is 24.1. The molecule has 0 bridgehead atoms. The van der Waals surface area contributed by atoms with Gasteiger partial charge in [-0.1, -0.05) is 155 Å². The first-order valence-corrected chi connectivity index (χ1v) is 14.4. The number of hydrogen-bond donors (Lipinski definition) is 1. The lowest BCUT2D eigenvalue weighted by atomic mass is 10.0. The van der Waals surface area contributed by atoms with Crippen LogP contribution in [0.25, 0.3) is 0 Å². The second kappa shape index (κ2) is 25.9. The summed E-state index contributed by atoms with van der Waals surface area (Å²) in [6.45, 7) is 4.52. The molecule has 0 heterocycles. The van der Waals surface area contributed by atoms with E-state index in [0.717, 1.165) is 25.7 Å². The minimum Gasteiger partial charge on any atom is -0.385 e. The molecule has 0 aliphatic rings. The Balaban J connectivity index is 3.25. The summed E-state index contributed by atoms with van der Waals surface area (Å²) < 4.78 is 0. The summed E-state index contributed by atoms with van der Waals surface area (Å²) in [5.74, 6) is 0.0800. The van der Waals surface area contributed by atoms with Crippen molar-refractivity contribution in [2.45, 2.75) is 180 Å². The number of carbonyl (C=O) groups is 1. The molecule has 0 aliphatic carbocycles. The van der Waals surface area contributed by atoms with E-state index in [-0.39, 0.29) is 5.78 Å². The normalized spacial score (nSPS) is 12.4. The topological polar surface area (TPSA) is 37.3 Å². The SMILES string of the molecule is CCCCCCCCCCCCCCCCCCC(=O)C(O)CCCCCCCCC. The number of aliphatic hydroxyl groups is 1. The first-order chi connectivity index (χ1) is 15.2. The zero-order chi connectivity index (χ0) is 22.8. The van der Waals surface area contributed by atoms with Gasteiger partial charge in [-0.15, -0.1) is 0 Å². The second-order valence-corrected chi connectivity index (χ2v) is 9.95. The first kappa shape index (κ1) is 30.6. The van der Waals surface area contributed by atoms with Crippen LogP contribution in [0, 0.1) is 0 Å². The molecule has 2 nitrogen and oxygen atoms in total. The van der Waals surface area contributed by atoms with Crippen LogP contribution in [-0.4, -0.2) is 17.0 Å². The Bertz CT molecular complexity index is 353. The van der Waals surface area contributed by atoms with E-state index in [2.05, 4.69) is 13.8 Å². The Hall–Kier alpha value is -0.370. The lowest BCUT2D eigenvalue weighted by Crippen LogP contribution is -2.19. The molecule has 186 valence electrons. The van der Waals surface area contributed by atoms with Crippen molar-refractivity contribution in [2.24, 2.45) is 0 Å². The van der Waals surface area contributed by atoms with Crippen LogP contribution in [0.4, 0.5) is 0 Å². The number of unbranched alkanes of at least 4 members (excludes halogenated alkanes) is 21. The van der Waals surface area contributed by atoms with E-state index in [1.54, 1.807) is 0 Å². The molecule has 0 fully saturated rings. The number of carbonyl (C=O) groups excluding carboxylic acids is 1. The number of rotatable bonds is 26. The van der Waals surface area contributed by atoms with Gasteiger partial charge in [0.15, 0.2) is 5.78 Å². The number of ketones is 1. The molecule has 0 amide bonds. The predicted octanol–water partition coefficient (Wildman–Crippen LogP) is 9.71. The molecule has 0 radical (unpaired) electrons. The summed E-state index contributed by atoms with van der Waals surface area (Å²) >= 11 is 0. The molecule has 1 unspecified atom stereocenters. The van der Waals surface area contributed by atoms with Crippen molar-refractivity contribution < 1.29 is 9.90 Å². The number of hydrogen-bond acceptors (Lipinski definition) is 2. The van der Waals surface area contributed by atoms with Gasteiger partial charge in [0.2, 0.25) is 0 Å². The molecule has 0 saturated carbocycles. The van der Waals surface area contributed by atoms with E-state index in [1.807, 2.05) is 0 Å². The molecule has 0 aromatic rings. The van der Waals surface area contributed by atoms with E-state index in [1.165, 1.54) is 122 Å². The van der Waals surface area contributed by atoms with Gasteiger partial charge in [0, 0.05) is 6.42 Å². The van der Waals surface area contributed by atoms with E-state index < -0.39 is 6.10 Å². The van der Waals surface area contributed by atoms with Gasteiger partial charge >= 0.3 is 0 Å². The number of Topliss-reactive ketones (excluding diaryl/α,β-unsaturated/α-hetero) is 1. The van der Waals surface area contributed by atoms with Crippen molar-refractivity contribution in [3.63, 3.8) is 0 Å². The Morgan fingerprint density at radius 2 is 0.774 bits per heavy atom. The first-order valence-electron chi connectivity index (χ1n) is 14.4. The Morgan fingerprint density at radius 1 is 0.484 bits per heavy atom. The van der Waals surface area contributed by atoms with Gasteiger partial charge in [-0.25, -0.2) is 0 Å². The van der Waals surface area contributed by atoms with E-state index in [9.17, 15) is 9.90 Å². The maximum absolute atomic E-state index is 12.0. The molecule has 0 spiro atoms. The largest absolute Gasteiger partial charge is 0.385 e. The van der Waals surface area contributed by atoms with Crippen LogP contribution in [0.3, 0.4) is 0 Å². The molecular formula is C29H58O2. The highest BCUT2D eigenvalue weighted by atomic mass is 16.3. The van der Waals surface area contributed by atoms with Gasteiger partial charge in [-0.2, -0.15) is 0 Å². The number of aliphatic hydroxyl groups excluding tert-OH is 1. The highest BCUT2D eigenvalue weighted by molar-refractivity contribution is 5.82. The summed E-state index contributed by atoms with van der Waals surface area (Å²) in [6.07, 6.45) is 30.8. The molecule has 1 atom stereocenters. The van der Waals surface area contributed by atoms with Crippen LogP contribution >= 0.6 is 0 Å². The average Bonchev–Trinajstić information content (AvgIpc) is 2.77. The van der Waals surface area contributed by atoms with Crippen LogP contribution in [0.15, 0.2) is 0 Å². The quantitative estimate of drug-likeness (QED) is 0.136. The fourth-order valence-electron chi connectivity index (χ4n) is 4.47. The standard InChI is InChI=1S/C29H58O2/c1-3-5-7-9-11-12-13-14-15-16-17-18-19-21-23-25-27-29(31)28(30)26-24-22-20-10-8-6-4-2/h28,30H,3-27H2,1-2H3. The van der Waals surface area contributed by atoms with Crippen LogP contribution < -0.4 is 0 Å². The maximum Gasteiger partial charge on any atom is 0.161 e. The fourth-order valence-corrected chi connectivity index (χ4v) is 4.47. The van der Waals surface area contributed by atoms with Crippen molar-refractivity contribution in [1.29, 1.82) is 0 Å². The van der Waals surface area contributed by atoms with Crippen molar-refractivity contribution in [3.05, 3.63) is 0 Å². The van der Waals surface area contributed by atoms with Gasteiger partial charge in [-0.05, 0) is 12.8 Å². The average molecular weight is 439 g/mol. The van der Waals surface area contributed by atoms with Gasteiger partial charge in [-0.3, -0.25) is 4.79 Å². The van der Waals surface area contributed by atoms with Crippen LogP contribution in [0.1, 0.15) is 174 Å². The second-order valence-electron chi connectivity index (χ2n) is 9.95. The fraction of sp³-hybridized carbons (Fsp3) is 0.966. The molecule has 0 aromatic carbocycles. The van der Waals surface area contributed by atoms with Gasteiger partial charge in [0.05, 0.1) is 0 Å². The van der Waals surface area contributed by atoms with Crippen molar-refractivity contribution in [2.75, 3.05) is 0 Å². The zero-order valence-electron chi connectivity index (χ0n) is 21.6. The molecule has 1 N–H and O–H groups in total. The van der Waals surface area contributed by atoms with Gasteiger partial charge < -0.3 is 5.11 Å². The monoisotopic (exact) mass is 438 g/mol. The lowest BCUT2D eigenvalue weighted by Gasteiger charge is -2.09. The van der Waals surface area contributed by atoms with E-state index in [0.29, 0.717) is 12.8 Å². The highest BCUT2D eigenvalue weighted by Crippen LogP contribution is 2.15. The van der Waals surface area contributed by atoms with E-state index in [4.69, 9.17) is 0 Å². The van der Waals surface area contributed by atoms with Crippen molar-refractivity contribution in [3.8, 4) is 0 Å². The summed E-state index contributed by atoms with van der Waals surface area (Å²) in [5.41, 5.74) is 0. The van der Waals surface area contributed by atoms with Crippen LogP contribution in [0.2, 0.25) is 0 Å². The Labute approximate surface area is 196 Å². The lowest BCUT2D eigenvalue weighted by molar-refractivity contribution is -0.127. The molecule has 0 aliphatic heterocycles. The molecule has 0 saturated heterocycles. The summed E-state index contributed by atoms with van der Waals surface area (Å²) in [6, 6.07) is 0. The van der Waals surface area contributed by atoms with Crippen molar-refractivity contribution >= 4 is 5.78 Å². The predicted molar refractivity (Wildman–Crippen MR) is 138 cm³/mol. The summed E-state index contributed by atoms with van der Waals surface area (Å²) in [4.78, 5) is 12.0. The third-order valence-electron chi connectivity index (χ3n) is 6.73. The van der Waals surface area contributed by atoms with Gasteiger partial charge in [0.25, 0.3) is 0 Å². The Kier molecular flexibility index (Phi) is 25.6. The van der Waals surface area contributed by atoms with Crippen molar-refractivity contribution in [1.82, 2.24) is 0 Å². The minimum atomic E-state index is -0.702. The molecule has 2 heteroatoms. The molecular weight excluding hydrogens is 380 g/mol. The summed E-state index contributed by atoms with van der Waals surface area (Å²) in [5, 5.41) is 10.0. The van der Waals surface area contributed by atoms with Crippen LogP contribution in [-0.2, 0) is 4.79 Å². The maximum atomic E-state index is 12.0. The molecule has 31 heavy (non-hydrogen) atoms. The Morgan fingerprint density at radius 3 is 1.13 bits per heavy atom. The van der Waals surface area contributed by atoms with Gasteiger partial charge in [0.1, 0.15) is 6.10 Å². The minimum absolute atomic E-state index is 0.0800. The molecule has 0 rings (SSSR count). The van der Waals surface area contributed by atoms with E-state index >= 15 is 0 Å². The smallest absolute Gasteiger partial charge is 0.161 e. The zero-order valence-corrected chi connectivity index (χ0v) is 21.6.